The van der Waals surface area contributed by atoms with Gasteiger partial charge in [-0.15, -0.1) is 0 Å². The third kappa shape index (κ3) is 3.66. The molecule has 2 aromatic rings. The summed E-state index contributed by atoms with van der Waals surface area (Å²) in [5.41, 5.74) is -3.97. The molecule has 0 amide bonds. The van der Waals surface area contributed by atoms with Gasteiger partial charge in [-0.1, -0.05) is 60.1 Å². The Bertz CT molecular complexity index is 1010. The maximum Gasteiger partial charge on any atom is 0.465 e. The molecule has 0 aromatic heterocycles. The van der Waals surface area contributed by atoms with E-state index in [1.54, 1.807) is 0 Å². The molecular weight excluding hydrogens is 472 g/mol. The summed E-state index contributed by atoms with van der Waals surface area (Å²) in [5, 5.41) is 11.2. The molecule has 0 bridgehead atoms. The van der Waals surface area contributed by atoms with Crippen LogP contribution in [0.1, 0.15) is 17.0 Å². The second kappa shape index (κ2) is 7.93. The molecule has 0 unspecified atom stereocenters. The molecule has 0 saturated carbocycles. The second-order valence-corrected chi connectivity index (χ2v) is 7.20. The fraction of sp³-hybridized carbons (Fsp3) is 0.316. The smallest absolute Gasteiger partial charge is 0.413 e. The minimum Gasteiger partial charge on any atom is -0.413 e. The number of nitro groups is 1. The Hall–Kier alpha value is -2.86. The van der Waals surface area contributed by atoms with Crippen molar-refractivity contribution in [2.45, 2.75) is 29.7 Å². The van der Waals surface area contributed by atoms with Crippen molar-refractivity contribution in [2.75, 3.05) is 6.54 Å². The topological polar surface area (TPSA) is 78.7 Å². The number of hydrogen-bond donors (Lipinski definition) is 0. The molecule has 172 valence electrons. The van der Waals surface area contributed by atoms with Gasteiger partial charge >= 0.3 is 24.1 Å². The standard InChI is InChI=1S/C19H12ClF6NO5/c20-14-9-5-4-8-12(14)13(10-27(29)30)16(11-6-2-1-3-7-11)15(28)31-17(32-16,18(21,22)23)19(24,25)26/h1-9,13H,10H2/t13-,16-/m0/s1. The molecule has 0 N–H and O–H groups in total. The molecular formula is C19H12ClF6NO5. The lowest BCUT2D eigenvalue weighted by atomic mass is 9.77. The summed E-state index contributed by atoms with van der Waals surface area (Å²) in [6.45, 7) is -1.29. The normalized spacial score (nSPS) is 21.8. The van der Waals surface area contributed by atoms with Gasteiger partial charge in [0.2, 0.25) is 12.1 Å². The molecule has 2 atom stereocenters. The summed E-state index contributed by atoms with van der Waals surface area (Å²) in [7, 11) is 0. The summed E-state index contributed by atoms with van der Waals surface area (Å²) in [6, 6.07) is 10.8. The molecule has 3 rings (SSSR count). The SMILES string of the molecule is O=C1OC(C(F)(F)F)(C(F)(F)F)O[C@@]1(c1ccccc1)[C@@H](C[N+](=O)[O-])c1ccccc1Cl. The third-order valence-corrected chi connectivity index (χ3v) is 5.24. The second-order valence-electron chi connectivity index (χ2n) is 6.79. The average molecular weight is 484 g/mol. The fourth-order valence-electron chi connectivity index (χ4n) is 3.52. The van der Waals surface area contributed by atoms with Crippen LogP contribution >= 0.6 is 11.6 Å². The zero-order chi connectivity index (χ0) is 23.9. The van der Waals surface area contributed by atoms with Crippen molar-refractivity contribution < 1.29 is 45.5 Å². The van der Waals surface area contributed by atoms with Crippen LogP contribution in [0.3, 0.4) is 0 Å². The highest BCUT2D eigenvalue weighted by Gasteiger charge is 2.84. The van der Waals surface area contributed by atoms with Gasteiger partial charge in [-0.05, 0) is 17.2 Å². The van der Waals surface area contributed by atoms with Gasteiger partial charge in [-0.25, -0.2) is 4.79 Å². The van der Waals surface area contributed by atoms with Crippen molar-refractivity contribution >= 4 is 17.6 Å². The summed E-state index contributed by atoms with van der Waals surface area (Å²) < 4.78 is 90.5. The summed E-state index contributed by atoms with van der Waals surface area (Å²) in [6.07, 6.45) is -12.5. The summed E-state index contributed by atoms with van der Waals surface area (Å²) in [4.78, 5) is 23.3. The lowest BCUT2D eigenvalue weighted by molar-refractivity contribution is -0.491. The Balaban J connectivity index is 2.37. The van der Waals surface area contributed by atoms with Gasteiger partial charge < -0.3 is 9.47 Å². The number of nitrogens with zero attached hydrogens (tertiary/aromatic N) is 1. The number of ether oxygens (including phenoxy) is 2. The van der Waals surface area contributed by atoms with Crippen LogP contribution in [0.4, 0.5) is 26.3 Å². The molecule has 2 aromatic carbocycles. The molecule has 1 aliphatic rings. The van der Waals surface area contributed by atoms with Gasteiger partial charge in [0.15, 0.2) is 0 Å². The Labute approximate surface area is 180 Å². The minimum absolute atomic E-state index is 0.234. The average Bonchev–Trinajstić information content (AvgIpc) is 3.03. The van der Waals surface area contributed by atoms with Crippen LogP contribution in [0.15, 0.2) is 54.6 Å². The predicted molar refractivity (Wildman–Crippen MR) is 96.2 cm³/mol. The molecule has 1 aliphatic heterocycles. The van der Waals surface area contributed by atoms with Gasteiger partial charge in [-0.3, -0.25) is 10.1 Å². The van der Waals surface area contributed by atoms with Crippen LogP contribution in [0, 0.1) is 10.1 Å². The van der Waals surface area contributed by atoms with Crippen molar-refractivity contribution in [3.05, 3.63) is 80.9 Å². The quantitative estimate of drug-likeness (QED) is 0.259. The monoisotopic (exact) mass is 483 g/mol. The lowest BCUT2D eigenvalue weighted by Gasteiger charge is -2.36. The number of cyclic esters (lactones) is 1. The summed E-state index contributed by atoms with van der Waals surface area (Å²) >= 11 is 6.05. The summed E-state index contributed by atoms with van der Waals surface area (Å²) in [5.74, 6) is -9.44. The molecule has 1 fully saturated rings. The van der Waals surface area contributed by atoms with Gasteiger partial charge in [0.25, 0.3) is 0 Å². The molecule has 0 spiro atoms. The van der Waals surface area contributed by atoms with Crippen LogP contribution in [-0.4, -0.2) is 35.6 Å². The van der Waals surface area contributed by atoms with Crippen molar-refractivity contribution in [2.24, 2.45) is 0 Å². The van der Waals surface area contributed by atoms with Crippen LogP contribution in [0.2, 0.25) is 5.02 Å². The van der Waals surface area contributed by atoms with Crippen LogP contribution in [-0.2, 0) is 19.9 Å². The van der Waals surface area contributed by atoms with Gasteiger partial charge in [0.05, 0.1) is 5.92 Å². The van der Waals surface area contributed by atoms with Crippen molar-refractivity contribution in [3.63, 3.8) is 0 Å². The molecule has 6 nitrogen and oxygen atoms in total. The van der Waals surface area contributed by atoms with Crippen molar-refractivity contribution in [3.8, 4) is 0 Å². The molecule has 32 heavy (non-hydrogen) atoms. The number of alkyl halides is 6. The van der Waals surface area contributed by atoms with Gasteiger partial charge in [-0.2, -0.15) is 26.3 Å². The molecule has 1 heterocycles. The Kier molecular flexibility index (Phi) is 5.89. The first kappa shape index (κ1) is 23.8. The van der Waals surface area contributed by atoms with E-state index in [4.69, 9.17) is 11.6 Å². The Morgan fingerprint density at radius 1 is 0.969 bits per heavy atom. The van der Waals surface area contributed by atoms with Crippen LogP contribution in [0.5, 0.6) is 0 Å². The highest BCUT2D eigenvalue weighted by atomic mass is 35.5. The van der Waals surface area contributed by atoms with Crippen molar-refractivity contribution in [1.82, 2.24) is 0 Å². The lowest BCUT2D eigenvalue weighted by Crippen LogP contribution is -2.59. The van der Waals surface area contributed by atoms with Crippen LogP contribution in [0.25, 0.3) is 0 Å². The fourth-order valence-corrected chi connectivity index (χ4v) is 3.78. The van der Waals surface area contributed by atoms with E-state index >= 15 is 0 Å². The zero-order valence-electron chi connectivity index (χ0n) is 15.6. The highest BCUT2D eigenvalue weighted by molar-refractivity contribution is 6.31. The predicted octanol–water partition coefficient (Wildman–Crippen LogP) is 4.99. The third-order valence-electron chi connectivity index (χ3n) is 4.90. The number of rotatable bonds is 5. The van der Waals surface area contributed by atoms with E-state index in [1.165, 1.54) is 36.4 Å². The molecule has 0 radical (unpaired) electrons. The minimum atomic E-state index is -6.25. The Morgan fingerprint density at radius 3 is 1.97 bits per heavy atom. The molecule has 0 aliphatic carbocycles. The molecule has 13 heteroatoms. The first-order valence-electron chi connectivity index (χ1n) is 8.75. The highest BCUT2D eigenvalue weighted by Crippen LogP contribution is 2.59. The number of carbonyl (C=O) groups is 1. The van der Waals surface area contributed by atoms with Gasteiger partial charge in [0.1, 0.15) is 0 Å². The first-order chi connectivity index (χ1) is 14.8. The van der Waals surface area contributed by atoms with Crippen LogP contribution < -0.4 is 0 Å². The van der Waals surface area contributed by atoms with E-state index in [0.717, 1.165) is 18.2 Å². The van der Waals surface area contributed by atoms with Crippen molar-refractivity contribution in [1.29, 1.82) is 0 Å². The number of carbonyl (C=O) groups excluding carboxylic acids is 1. The van der Waals surface area contributed by atoms with E-state index in [2.05, 4.69) is 9.47 Å². The number of hydrogen-bond acceptors (Lipinski definition) is 5. The van der Waals surface area contributed by atoms with E-state index in [1.807, 2.05) is 0 Å². The number of benzene rings is 2. The largest absolute Gasteiger partial charge is 0.465 e. The zero-order valence-corrected chi connectivity index (χ0v) is 16.4. The Morgan fingerprint density at radius 2 is 1.50 bits per heavy atom. The van der Waals surface area contributed by atoms with Gasteiger partial charge in [0, 0.05) is 9.95 Å². The van der Waals surface area contributed by atoms with E-state index in [0.29, 0.717) is 0 Å². The number of halogens is 7. The maximum absolute atomic E-state index is 13.7. The van der Waals surface area contributed by atoms with E-state index in [9.17, 15) is 41.3 Å². The van der Waals surface area contributed by atoms with E-state index < -0.39 is 52.7 Å². The number of esters is 1. The first-order valence-corrected chi connectivity index (χ1v) is 9.13. The molecule has 1 saturated heterocycles. The van der Waals surface area contributed by atoms with E-state index in [-0.39, 0.29) is 10.6 Å². The maximum atomic E-state index is 13.7.